The quantitative estimate of drug-likeness (QED) is 0.663. The second kappa shape index (κ2) is 9.87. The zero-order valence-electron chi connectivity index (χ0n) is 16.5. The standard InChI is InChI=1S/C20H24ClN3O4S/c1-14(2)22-19(25)12-15-4-8-17(9-5-15)23-20(26)13-24(3)29(27,28)18-10-6-16(21)7-11-18/h4-11,14H,12-13H2,1-3H3,(H,22,25)(H,23,26). The lowest BCUT2D eigenvalue weighted by molar-refractivity contribution is -0.121. The van der Waals surface area contributed by atoms with Crippen LogP contribution in [-0.2, 0) is 26.0 Å². The summed E-state index contributed by atoms with van der Waals surface area (Å²) in [4.78, 5) is 24.1. The summed E-state index contributed by atoms with van der Waals surface area (Å²) in [6.45, 7) is 3.44. The zero-order chi connectivity index (χ0) is 21.6. The summed E-state index contributed by atoms with van der Waals surface area (Å²) in [5.74, 6) is -0.554. The number of rotatable bonds is 8. The molecule has 0 saturated carbocycles. The Hall–Kier alpha value is -2.42. The molecule has 0 heterocycles. The Bertz CT molecular complexity index is 958. The first-order valence-electron chi connectivity index (χ1n) is 8.98. The van der Waals surface area contributed by atoms with E-state index in [1.807, 2.05) is 13.8 Å². The predicted octanol–water partition coefficient (Wildman–Crippen LogP) is 2.67. The summed E-state index contributed by atoms with van der Waals surface area (Å²) in [5.41, 5.74) is 1.32. The topological polar surface area (TPSA) is 95.6 Å². The number of benzene rings is 2. The molecule has 9 heteroatoms. The highest BCUT2D eigenvalue weighted by atomic mass is 35.5. The molecule has 0 spiro atoms. The molecule has 2 aromatic carbocycles. The van der Waals surface area contributed by atoms with Crippen LogP contribution in [0.25, 0.3) is 0 Å². The maximum Gasteiger partial charge on any atom is 0.243 e. The summed E-state index contributed by atoms with van der Waals surface area (Å²) >= 11 is 5.78. The number of carbonyl (C=O) groups is 2. The molecule has 156 valence electrons. The van der Waals surface area contributed by atoms with Crippen molar-refractivity contribution >= 4 is 39.1 Å². The fourth-order valence-corrected chi connectivity index (χ4v) is 3.79. The Labute approximate surface area is 176 Å². The van der Waals surface area contributed by atoms with Gasteiger partial charge in [0, 0.05) is 23.8 Å². The minimum Gasteiger partial charge on any atom is -0.354 e. The van der Waals surface area contributed by atoms with Gasteiger partial charge in [-0.15, -0.1) is 0 Å². The zero-order valence-corrected chi connectivity index (χ0v) is 18.0. The van der Waals surface area contributed by atoms with Gasteiger partial charge in [-0.25, -0.2) is 8.42 Å². The van der Waals surface area contributed by atoms with Gasteiger partial charge < -0.3 is 10.6 Å². The van der Waals surface area contributed by atoms with Crippen molar-refractivity contribution in [3.05, 3.63) is 59.1 Å². The summed E-state index contributed by atoms with van der Waals surface area (Å²) in [6.07, 6.45) is 0.245. The number of hydrogen-bond donors (Lipinski definition) is 2. The minimum atomic E-state index is -3.80. The van der Waals surface area contributed by atoms with E-state index >= 15 is 0 Å². The first-order chi connectivity index (χ1) is 13.6. The van der Waals surface area contributed by atoms with Crippen molar-refractivity contribution in [3.63, 3.8) is 0 Å². The molecule has 0 saturated heterocycles. The number of amides is 2. The Morgan fingerprint density at radius 3 is 2.14 bits per heavy atom. The van der Waals surface area contributed by atoms with Gasteiger partial charge in [0.1, 0.15) is 0 Å². The molecule has 0 aliphatic heterocycles. The van der Waals surface area contributed by atoms with E-state index in [2.05, 4.69) is 10.6 Å². The van der Waals surface area contributed by atoms with Crippen LogP contribution in [0.4, 0.5) is 5.69 Å². The second-order valence-corrected chi connectivity index (χ2v) is 9.34. The van der Waals surface area contributed by atoms with Crippen LogP contribution >= 0.6 is 11.6 Å². The monoisotopic (exact) mass is 437 g/mol. The molecule has 2 amide bonds. The summed E-state index contributed by atoms with van der Waals surface area (Å²) < 4.78 is 26.0. The van der Waals surface area contributed by atoms with E-state index in [0.29, 0.717) is 10.7 Å². The van der Waals surface area contributed by atoms with Gasteiger partial charge in [0.2, 0.25) is 21.8 Å². The van der Waals surface area contributed by atoms with Crippen molar-refractivity contribution < 1.29 is 18.0 Å². The molecular weight excluding hydrogens is 414 g/mol. The van der Waals surface area contributed by atoms with Gasteiger partial charge in [-0.2, -0.15) is 4.31 Å². The largest absolute Gasteiger partial charge is 0.354 e. The molecule has 7 nitrogen and oxygen atoms in total. The lowest BCUT2D eigenvalue weighted by Gasteiger charge is -2.17. The summed E-state index contributed by atoms with van der Waals surface area (Å²) in [7, 11) is -2.47. The van der Waals surface area contributed by atoms with E-state index in [9.17, 15) is 18.0 Å². The third-order valence-corrected chi connectivity index (χ3v) is 6.01. The molecule has 29 heavy (non-hydrogen) atoms. The number of hydrogen-bond acceptors (Lipinski definition) is 4. The molecule has 0 fully saturated rings. The Morgan fingerprint density at radius 2 is 1.59 bits per heavy atom. The molecular formula is C20H24ClN3O4S. The molecule has 0 aliphatic carbocycles. The second-order valence-electron chi connectivity index (χ2n) is 6.86. The third-order valence-electron chi connectivity index (χ3n) is 3.94. The van der Waals surface area contributed by atoms with Gasteiger partial charge >= 0.3 is 0 Å². The van der Waals surface area contributed by atoms with Crippen LogP contribution in [-0.4, -0.2) is 44.2 Å². The first-order valence-corrected chi connectivity index (χ1v) is 10.8. The minimum absolute atomic E-state index is 0.0567. The van der Waals surface area contributed by atoms with Crippen LogP contribution in [0.5, 0.6) is 0 Å². The fraction of sp³-hybridized carbons (Fsp3) is 0.300. The van der Waals surface area contributed by atoms with Gasteiger partial charge in [0.05, 0.1) is 17.9 Å². The molecule has 2 N–H and O–H groups in total. The number of likely N-dealkylation sites (N-methyl/N-ethyl adjacent to an activating group) is 1. The maximum atomic E-state index is 12.5. The van der Waals surface area contributed by atoms with Crippen molar-refractivity contribution in [3.8, 4) is 0 Å². The molecule has 2 aromatic rings. The van der Waals surface area contributed by atoms with E-state index in [0.717, 1.165) is 9.87 Å². The number of nitrogens with one attached hydrogen (secondary N) is 2. The van der Waals surface area contributed by atoms with Crippen molar-refractivity contribution in [1.29, 1.82) is 0 Å². The normalized spacial score (nSPS) is 11.5. The SMILES string of the molecule is CC(C)NC(=O)Cc1ccc(NC(=O)CN(C)S(=O)(=O)c2ccc(Cl)cc2)cc1. The molecule has 0 aromatic heterocycles. The summed E-state index contributed by atoms with van der Waals surface area (Å²) in [5, 5.41) is 5.89. The van der Waals surface area contributed by atoms with Crippen molar-refractivity contribution in [2.24, 2.45) is 0 Å². The third kappa shape index (κ3) is 6.85. The maximum absolute atomic E-state index is 12.5. The van der Waals surface area contributed by atoms with Crippen molar-refractivity contribution in [2.75, 3.05) is 18.9 Å². The number of carbonyl (C=O) groups excluding carboxylic acids is 2. The lowest BCUT2D eigenvalue weighted by Crippen LogP contribution is -2.35. The van der Waals surface area contributed by atoms with Crippen molar-refractivity contribution in [1.82, 2.24) is 9.62 Å². The smallest absolute Gasteiger partial charge is 0.243 e. The average Bonchev–Trinajstić information content (AvgIpc) is 2.63. The molecule has 0 bridgehead atoms. The summed E-state index contributed by atoms with van der Waals surface area (Å²) in [6, 6.07) is 12.6. The number of nitrogens with zero attached hydrogens (tertiary/aromatic N) is 1. The Balaban J connectivity index is 1.94. The van der Waals surface area contributed by atoms with Crippen molar-refractivity contribution in [2.45, 2.75) is 31.2 Å². The van der Waals surface area contributed by atoms with Gasteiger partial charge in [-0.1, -0.05) is 23.7 Å². The number of halogens is 1. The van der Waals surface area contributed by atoms with E-state index in [1.165, 1.54) is 31.3 Å². The molecule has 0 atom stereocenters. The Morgan fingerprint density at radius 1 is 1.00 bits per heavy atom. The highest BCUT2D eigenvalue weighted by molar-refractivity contribution is 7.89. The molecule has 0 unspecified atom stereocenters. The van der Waals surface area contributed by atoms with E-state index < -0.39 is 15.9 Å². The van der Waals surface area contributed by atoms with Crippen LogP contribution in [0.1, 0.15) is 19.4 Å². The van der Waals surface area contributed by atoms with E-state index in [4.69, 9.17) is 11.6 Å². The average molecular weight is 438 g/mol. The van der Waals surface area contributed by atoms with E-state index in [1.54, 1.807) is 24.3 Å². The highest BCUT2D eigenvalue weighted by Gasteiger charge is 2.23. The van der Waals surface area contributed by atoms with Gasteiger partial charge in [0.25, 0.3) is 0 Å². The molecule has 2 rings (SSSR count). The molecule has 0 radical (unpaired) electrons. The number of sulfonamides is 1. The Kier molecular flexibility index (Phi) is 7.78. The van der Waals surface area contributed by atoms with Crippen LogP contribution in [0.2, 0.25) is 5.02 Å². The number of anilines is 1. The molecule has 0 aliphatic rings. The van der Waals surface area contributed by atoms with Crippen LogP contribution in [0.3, 0.4) is 0 Å². The van der Waals surface area contributed by atoms with Crippen LogP contribution in [0, 0.1) is 0 Å². The first kappa shape index (κ1) is 22.9. The van der Waals surface area contributed by atoms with E-state index in [-0.39, 0.29) is 29.8 Å². The fourth-order valence-electron chi connectivity index (χ4n) is 2.54. The van der Waals surface area contributed by atoms with Gasteiger partial charge in [0.15, 0.2) is 0 Å². The van der Waals surface area contributed by atoms with Crippen LogP contribution in [0.15, 0.2) is 53.4 Å². The van der Waals surface area contributed by atoms with Gasteiger partial charge in [-0.3, -0.25) is 9.59 Å². The van der Waals surface area contributed by atoms with Gasteiger partial charge in [-0.05, 0) is 55.8 Å². The lowest BCUT2D eigenvalue weighted by atomic mass is 10.1. The highest BCUT2D eigenvalue weighted by Crippen LogP contribution is 2.17. The predicted molar refractivity (Wildman–Crippen MR) is 113 cm³/mol. The van der Waals surface area contributed by atoms with Crippen LogP contribution < -0.4 is 10.6 Å².